The van der Waals surface area contributed by atoms with Crippen LogP contribution < -0.4 is 5.32 Å². The van der Waals surface area contributed by atoms with E-state index in [2.05, 4.69) is 15.5 Å². The van der Waals surface area contributed by atoms with E-state index in [1.165, 1.54) is 0 Å². The molecule has 5 heteroatoms. The van der Waals surface area contributed by atoms with E-state index < -0.39 is 0 Å². The van der Waals surface area contributed by atoms with Gasteiger partial charge in [-0.3, -0.25) is 9.89 Å². The van der Waals surface area contributed by atoms with Gasteiger partial charge in [0.1, 0.15) is 11.4 Å². The van der Waals surface area contributed by atoms with Crippen LogP contribution in [-0.2, 0) is 0 Å². The maximum absolute atomic E-state index is 12.3. The van der Waals surface area contributed by atoms with Crippen molar-refractivity contribution < 1.29 is 9.90 Å². The molecular weight excluding hydrogens is 290 g/mol. The van der Waals surface area contributed by atoms with Crippen LogP contribution in [0.4, 0.5) is 5.69 Å². The summed E-state index contributed by atoms with van der Waals surface area (Å²) in [6.07, 6.45) is 0. The largest absolute Gasteiger partial charge is 0.507 e. The highest BCUT2D eigenvalue weighted by atomic mass is 16.3. The number of phenols is 1. The van der Waals surface area contributed by atoms with Gasteiger partial charge in [0, 0.05) is 11.3 Å². The number of aromatic amines is 1. The molecule has 0 bridgehead atoms. The van der Waals surface area contributed by atoms with Gasteiger partial charge in [-0.1, -0.05) is 29.8 Å². The van der Waals surface area contributed by atoms with Crippen molar-refractivity contribution >= 4 is 11.6 Å². The zero-order chi connectivity index (χ0) is 16.4. The molecule has 1 aromatic heterocycles. The van der Waals surface area contributed by atoms with Crippen LogP contribution in [-0.4, -0.2) is 21.2 Å². The Labute approximate surface area is 134 Å². The molecule has 0 unspecified atom stereocenters. The lowest BCUT2D eigenvalue weighted by Crippen LogP contribution is -2.13. The monoisotopic (exact) mass is 307 g/mol. The van der Waals surface area contributed by atoms with Gasteiger partial charge >= 0.3 is 0 Å². The number of phenolic OH excluding ortho intramolecular Hbond substituents is 1. The summed E-state index contributed by atoms with van der Waals surface area (Å²) in [7, 11) is 0. The summed E-state index contributed by atoms with van der Waals surface area (Å²) in [5, 5.41) is 19.5. The number of carbonyl (C=O) groups excluding carboxylic acids is 1. The molecule has 1 amide bonds. The Kier molecular flexibility index (Phi) is 3.85. The van der Waals surface area contributed by atoms with Crippen molar-refractivity contribution in [3.05, 3.63) is 65.4 Å². The Morgan fingerprint density at radius 1 is 1.13 bits per heavy atom. The van der Waals surface area contributed by atoms with Crippen molar-refractivity contribution in [3.63, 3.8) is 0 Å². The van der Waals surface area contributed by atoms with Crippen LogP contribution in [0, 0.1) is 13.8 Å². The molecule has 2 aromatic carbocycles. The highest BCUT2D eigenvalue weighted by Gasteiger charge is 2.13. The van der Waals surface area contributed by atoms with E-state index in [4.69, 9.17) is 0 Å². The minimum absolute atomic E-state index is 0.125. The van der Waals surface area contributed by atoms with E-state index in [-0.39, 0.29) is 11.7 Å². The fourth-order valence-corrected chi connectivity index (χ4v) is 2.41. The average Bonchev–Trinajstić information content (AvgIpc) is 3.00. The molecule has 0 atom stereocenters. The van der Waals surface area contributed by atoms with Crippen LogP contribution in [0.2, 0.25) is 0 Å². The summed E-state index contributed by atoms with van der Waals surface area (Å²) in [6, 6.07) is 14.3. The van der Waals surface area contributed by atoms with Crippen molar-refractivity contribution in [2.75, 3.05) is 5.32 Å². The fourth-order valence-electron chi connectivity index (χ4n) is 2.41. The number of hydrogen-bond acceptors (Lipinski definition) is 3. The molecule has 5 nitrogen and oxygen atoms in total. The lowest BCUT2D eigenvalue weighted by Gasteiger charge is -2.07. The second-order valence-corrected chi connectivity index (χ2v) is 5.46. The molecule has 1 heterocycles. The molecule has 0 aliphatic heterocycles. The van der Waals surface area contributed by atoms with Gasteiger partial charge in [0.05, 0.1) is 5.69 Å². The van der Waals surface area contributed by atoms with E-state index in [0.29, 0.717) is 17.0 Å². The Bertz CT molecular complexity index is 868. The Hall–Kier alpha value is -3.08. The standard InChI is InChI=1S/C18H17N3O2/c1-11-7-8-14(12(2)9-11)19-18(23)16-10-15(20-21-16)13-5-3-4-6-17(13)22/h3-10,22H,1-2H3,(H,19,23)(H,20,21). The number of H-pyrrole nitrogens is 1. The number of aromatic nitrogens is 2. The first-order valence-electron chi connectivity index (χ1n) is 7.27. The van der Waals surface area contributed by atoms with Crippen molar-refractivity contribution in [3.8, 4) is 17.0 Å². The number of rotatable bonds is 3. The van der Waals surface area contributed by atoms with E-state index >= 15 is 0 Å². The maximum Gasteiger partial charge on any atom is 0.273 e. The summed E-state index contributed by atoms with van der Waals surface area (Å²) in [6.45, 7) is 3.95. The van der Waals surface area contributed by atoms with Crippen LogP contribution in [0.5, 0.6) is 5.75 Å². The molecule has 0 spiro atoms. The lowest BCUT2D eigenvalue weighted by atomic mass is 10.1. The van der Waals surface area contributed by atoms with Crippen LogP contribution in [0.3, 0.4) is 0 Å². The number of nitrogens with one attached hydrogen (secondary N) is 2. The summed E-state index contributed by atoms with van der Waals surface area (Å²) in [5.74, 6) is -0.147. The Balaban J connectivity index is 1.83. The van der Waals surface area contributed by atoms with E-state index in [9.17, 15) is 9.90 Å². The second kappa shape index (κ2) is 5.96. The number of anilines is 1. The third-order valence-electron chi connectivity index (χ3n) is 3.63. The molecule has 0 radical (unpaired) electrons. The zero-order valence-corrected chi connectivity index (χ0v) is 12.9. The Morgan fingerprint density at radius 2 is 1.91 bits per heavy atom. The van der Waals surface area contributed by atoms with Crippen molar-refractivity contribution in [2.24, 2.45) is 0 Å². The summed E-state index contributed by atoms with van der Waals surface area (Å²) in [5.41, 5.74) is 4.34. The maximum atomic E-state index is 12.3. The average molecular weight is 307 g/mol. The van der Waals surface area contributed by atoms with Gasteiger partial charge < -0.3 is 10.4 Å². The smallest absolute Gasteiger partial charge is 0.273 e. The number of benzene rings is 2. The molecule has 0 fully saturated rings. The predicted octanol–water partition coefficient (Wildman–Crippen LogP) is 3.65. The van der Waals surface area contributed by atoms with Gasteiger partial charge in [-0.2, -0.15) is 5.10 Å². The lowest BCUT2D eigenvalue weighted by molar-refractivity contribution is 0.102. The second-order valence-electron chi connectivity index (χ2n) is 5.46. The van der Waals surface area contributed by atoms with Crippen molar-refractivity contribution in [1.82, 2.24) is 10.2 Å². The van der Waals surface area contributed by atoms with Crippen molar-refractivity contribution in [1.29, 1.82) is 0 Å². The number of aromatic hydroxyl groups is 1. The third kappa shape index (κ3) is 3.08. The van der Waals surface area contributed by atoms with E-state index in [1.54, 1.807) is 30.3 Å². The van der Waals surface area contributed by atoms with Gasteiger partial charge in [0.2, 0.25) is 0 Å². The molecule has 3 aromatic rings. The van der Waals surface area contributed by atoms with E-state index in [1.807, 2.05) is 32.0 Å². The highest BCUT2D eigenvalue weighted by Crippen LogP contribution is 2.27. The van der Waals surface area contributed by atoms with Gasteiger partial charge in [0.15, 0.2) is 0 Å². The molecule has 0 aliphatic rings. The molecule has 116 valence electrons. The minimum Gasteiger partial charge on any atom is -0.507 e. The SMILES string of the molecule is Cc1ccc(NC(=O)c2cc(-c3ccccc3O)n[nH]2)c(C)c1. The quantitative estimate of drug-likeness (QED) is 0.691. The number of carbonyl (C=O) groups is 1. The topological polar surface area (TPSA) is 78.0 Å². The first-order chi connectivity index (χ1) is 11.0. The van der Waals surface area contributed by atoms with E-state index in [0.717, 1.165) is 16.8 Å². The van der Waals surface area contributed by atoms with Gasteiger partial charge in [0.25, 0.3) is 5.91 Å². The molecule has 23 heavy (non-hydrogen) atoms. The van der Waals surface area contributed by atoms with Gasteiger partial charge in [-0.05, 0) is 43.7 Å². The Morgan fingerprint density at radius 3 is 2.65 bits per heavy atom. The zero-order valence-electron chi connectivity index (χ0n) is 12.9. The van der Waals surface area contributed by atoms with Crippen LogP contribution in [0.15, 0.2) is 48.5 Å². The van der Waals surface area contributed by atoms with Crippen LogP contribution in [0.1, 0.15) is 21.6 Å². The highest BCUT2D eigenvalue weighted by molar-refractivity contribution is 6.03. The number of para-hydroxylation sites is 1. The molecule has 0 saturated carbocycles. The van der Waals surface area contributed by atoms with Crippen molar-refractivity contribution in [2.45, 2.75) is 13.8 Å². The molecule has 0 aliphatic carbocycles. The third-order valence-corrected chi connectivity index (χ3v) is 3.63. The first-order valence-corrected chi connectivity index (χ1v) is 7.27. The molecular formula is C18H17N3O2. The predicted molar refractivity (Wildman–Crippen MR) is 89.6 cm³/mol. The summed E-state index contributed by atoms with van der Waals surface area (Å²) >= 11 is 0. The molecule has 0 saturated heterocycles. The number of nitrogens with zero attached hydrogens (tertiary/aromatic N) is 1. The number of amides is 1. The van der Waals surface area contributed by atoms with Gasteiger partial charge in [-0.15, -0.1) is 0 Å². The van der Waals surface area contributed by atoms with Gasteiger partial charge in [-0.25, -0.2) is 0 Å². The first kappa shape index (κ1) is 14.8. The minimum atomic E-state index is -0.272. The summed E-state index contributed by atoms with van der Waals surface area (Å²) < 4.78 is 0. The molecule has 3 rings (SSSR count). The normalized spacial score (nSPS) is 10.5. The fraction of sp³-hybridized carbons (Fsp3) is 0.111. The molecule has 3 N–H and O–H groups in total. The number of hydrogen-bond donors (Lipinski definition) is 3. The summed E-state index contributed by atoms with van der Waals surface area (Å²) in [4.78, 5) is 12.3. The van der Waals surface area contributed by atoms with Crippen LogP contribution in [0.25, 0.3) is 11.3 Å². The van der Waals surface area contributed by atoms with Crippen LogP contribution >= 0.6 is 0 Å². The number of aryl methyl sites for hydroxylation is 2.